The van der Waals surface area contributed by atoms with E-state index in [0.717, 1.165) is 31.2 Å². The van der Waals surface area contributed by atoms with E-state index in [4.69, 9.17) is 12.3 Å². The topological polar surface area (TPSA) is 38.0 Å². The Kier molecular flexibility index (Phi) is 5.55. The lowest BCUT2D eigenvalue weighted by Gasteiger charge is -2.15. The fourth-order valence-electron chi connectivity index (χ4n) is 1.60. The second-order valence-corrected chi connectivity index (χ2v) is 3.79. The van der Waals surface area contributed by atoms with Crippen molar-refractivity contribution in [3.63, 3.8) is 0 Å². The highest BCUT2D eigenvalue weighted by molar-refractivity contribution is 5.17. The van der Waals surface area contributed by atoms with Gasteiger partial charge >= 0.3 is 0 Å². The van der Waals surface area contributed by atoms with Crippen LogP contribution in [-0.4, -0.2) is 6.04 Å². The number of nitrogens with two attached hydrogens (primary N) is 1. The molecular weight excluding hydrogens is 203 g/mol. The largest absolute Gasteiger partial charge is 0.271 e. The summed E-state index contributed by atoms with van der Waals surface area (Å²) in [7, 11) is 0. The van der Waals surface area contributed by atoms with Gasteiger partial charge in [0.05, 0.1) is 0 Å². The van der Waals surface area contributed by atoms with Crippen molar-refractivity contribution < 1.29 is 4.39 Å². The lowest BCUT2D eigenvalue weighted by atomic mass is 10.0. The van der Waals surface area contributed by atoms with Gasteiger partial charge in [-0.15, -0.1) is 12.3 Å². The molecule has 0 aliphatic rings. The summed E-state index contributed by atoms with van der Waals surface area (Å²) < 4.78 is 12.7. The zero-order chi connectivity index (χ0) is 11.8. The number of hydrogen-bond donors (Lipinski definition) is 2. The SMILES string of the molecule is C#CCCCC(Cc1ccc(F)cc1)NN. The monoisotopic (exact) mass is 220 g/mol. The minimum absolute atomic E-state index is 0.193. The van der Waals surface area contributed by atoms with E-state index in [9.17, 15) is 4.39 Å². The van der Waals surface area contributed by atoms with Crippen LogP contribution in [-0.2, 0) is 6.42 Å². The van der Waals surface area contributed by atoms with Crippen molar-refractivity contribution >= 4 is 0 Å². The Morgan fingerprint density at radius 2 is 2.06 bits per heavy atom. The summed E-state index contributed by atoms with van der Waals surface area (Å²) in [5.74, 6) is 7.84. The molecule has 2 nitrogen and oxygen atoms in total. The summed E-state index contributed by atoms with van der Waals surface area (Å²) in [5, 5.41) is 0. The molecule has 0 radical (unpaired) electrons. The standard InChI is InChI=1S/C13H17FN2/c1-2-3-4-5-13(16-15)10-11-6-8-12(14)9-7-11/h1,6-9,13,16H,3-5,10,15H2. The van der Waals surface area contributed by atoms with Crippen LogP contribution in [0.15, 0.2) is 24.3 Å². The number of nitrogens with one attached hydrogen (secondary N) is 1. The maximum absolute atomic E-state index is 12.7. The zero-order valence-electron chi connectivity index (χ0n) is 9.25. The molecule has 0 aromatic heterocycles. The molecule has 0 aliphatic carbocycles. The summed E-state index contributed by atoms with van der Waals surface area (Å²) in [6.07, 6.45) is 8.62. The van der Waals surface area contributed by atoms with Crippen LogP contribution < -0.4 is 11.3 Å². The quantitative estimate of drug-likeness (QED) is 0.333. The number of halogens is 1. The predicted octanol–water partition coefficient (Wildman–Crippen LogP) is 2.00. The molecule has 0 saturated carbocycles. The fraction of sp³-hybridized carbons (Fsp3) is 0.385. The van der Waals surface area contributed by atoms with Gasteiger partial charge in [0, 0.05) is 12.5 Å². The molecule has 0 amide bonds. The maximum Gasteiger partial charge on any atom is 0.123 e. The minimum atomic E-state index is -0.215. The molecule has 0 saturated heterocycles. The first-order chi connectivity index (χ1) is 7.76. The van der Waals surface area contributed by atoms with E-state index >= 15 is 0 Å². The van der Waals surface area contributed by atoms with Gasteiger partial charge in [-0.05, 0) is 37.0 Å². The van der Waals surface area contributed by atoms with Gasteiger partial charge in [0.25, 0.3) is 0 Å². The molecule has 1 atom stereocenters. The van der Waals surface area contributed by atoms with Gasteiger partial charge in [0.1, 0.15) is 5.82 Å². The number of hydrazine groups is 1. The summed E-state index contributed by atoms with van der Waals surface area (Å²) in [5.41, 5.74) is 3.84. The molecule has 0 heterocycles. The molecule has 1 aromatic rings. The third kappa shape index (κ3) is 4.43. The summed E-state index contributed by atoms with van der Waals surface area (Å²) in [4.78, 5) is 0. The van der Waals surface area contributed by atoms with Gasteiger partial charge < -0.3 is 0 Å². The first-order valence-corrected chi connectivity index (χ1v) is 5.40. The van der Waals surface area contributed by atoms with Crippen molar-refractivity contribution in [2.75, 3.05) is 0 Å². The Labute approximate surface area is 96.0 Å². The van der Waals surface area contributed by atoms with Crippen molar-refractivity contribution in [2.45, 2.75) is 31.7 Å². The van der Waals surface area contributed by atoms with E-state index in [-0.39, 0.29) is 11.9 Å². The van der Waals surface area contributed by atoms with Crippen molar-refractivity contribution in [1.29, 1.82) is 0 Å². The molecular formula is C13H17FN2. The molecule has 16 heavy (non-hydrogen) atoms. The average Bonchev–Trinajstić information content (AvgIpc) is 2.31. The molecule has 0 aliphatic heterocycles. The van der Waals surface area contributed by atoms with Crippen LogP contribution in [0.3, 0.4) is 0 Å². The van der Waals surface area contributed by atoms with Crippen molar-refractivity contribution in [3.8, 4) is 12.3 Å². The lowest BCUT2D eigenvalue weighted by molar-refractivity contribution is 0.479. The van der Waals surface area contributed by atoms with Crippen LogP contribution in [0, 0.1) is 18.2 Å². The number of benzene rings is 1. The van der Waals surface area contributed by atoms with E-state index in [1.165, 1.54) is 12.1 Å². The molecule has 3 heteroatoms. The zero-order valence-corrected chi connectivity index (χ0v) is 9.25. The maximum atomic E-state index is 12.7. The summed E-state index contributed by atoms with van der Waals surface area (Å²) in [6, 6.07) is 6.68. The molecule has 3 N–H and O–H groups in total. The van der Waals surface area contributed by atoms with E-state index in [1.54, 1.807) is 12.1 Å². The van der Waals surface area contributed by atoms with Crippen LogP contribution in [0.1, 0.15) is 24.8 Å². The van der Waals surface area contributed by atoms with Crippen LogP contribution in [0.25, 0.3) is 0 Å². The van der Waals surface area contributed by atoms with Crippen LogP contribution in [0.5, 0.6) is 0 Å². The van der Waals surface area contributed by atoms with Crippen LogP contribution >= 0.6 is 0 Å². The normalized spacial score (nSPS) is 12.1. The van der Waals surface area contributed by atoms with Crippen molar-refractivity contribution in [1.82, 2.24) is 5.43 Å². The molecule has 1 rings (SSSR count). The number of rotatable bonds is 6. The Morgan fingerprint density at radius 1 is 1.38 bits per heavy atom. The van der Waals surface area contributed by atoms with E-state index in [0.29, 0.717) is 0 Å². The van der Waals surface area contributed by atoms with Crippen molar-refractivity contribution in [3.05, 3.63) is 35.6 Å². The summed E-state index contributed by atoms with van der Waals surface area (Å²) in [6.45, 7) is 0. The van der Waals surface area contributed by atoms with Crippen molar-refractivity contribution in [2.24, 2.45) is 5.84 Å². The molecule has 0 fully saturated rings. The van der Waals surface area contributed by atoms with Gasteiger partial charge in [-0.3, -0.25) is 11.3 Å². The highest BCUT2D eigenvalue weighted by Gasteiger charge is 2.07. The average molecular weight is 220 g/mol. The lowest BCUT2D eigenvalue weighted by Crippen LogP contribution is -2.36. The third-order valence-corrected chi connectivity index (χ3v) is 2.50. The number of terminal acetylenes is 1. The van der Waals surface area contributed by atoms with Gasteiger partial charge in [0.2, 0.25) is 0 Å². The molecule has 1 unspecified atom stereocenters. The van der Waals surface area contributed by atoms with E-state index in [2.05, 4.69) is 11.3 Å². The predicted molar refractivity (Wildman–Crippen MR) is 63.9 cm³/mol. The Balaban J connectivity index is 2.43. The highest BCUT2D eigenvalue weighted by atomic mass is 19.1. The molecule has 86 valence electrons. The number of hydrogen-bond acceptors (Lipinski definition) is 2. The molecule has 1 aromatic carbocycles. The second kappa shape index (κ2) is 7.00. The molecule has 0 bridgehead atoms. The first kappa shape index (κ1) is 12.7. The minimum Gasteiger partial charge on any atom is -0.271 e. The summed E-state index contributed by atoms with van der Waals surface area (Å²) >= 11 is 0. The highest BCUT2D eigenvalue weighted by Crippen LogP contribution is 2.09. The van der Waals surface area contributed by atoms with E-state index in [1.807, 2.05) is 0 Å². The van der Waals surface area contributed by atoms with E-state index < -0.39 is 0 Å². The first-order valence-electron chi connectivity index (χ1n) is 5.40. The second-order valence-electron chi connectivity index (χ2n) is 3.79. The Morgan fingerprint density at radius 3 is 2.62 bits per heavy atom. The molecule has 0 spiro atoms. The Bertz CT molecular complexity index is 340. The van der Waals surface area contributed by atoms with Gasteiger partial charge in [-0.25, -0.2) is 4.39 Å². The van der Waals surface area contributed by atoms with Crippen LogP contribution in [0.2, 0.25) is 0 Å². The van der Waals surface area contributed by atoms with Gasteiger partial charge in [-0.2, -0.15) is 0 Å². The van der Waals surface area contributed by atoms with Crippen LogP contribution in [0.4, 0.5) is 4.39 Å². The van der Waals surface area contributed by atoms with Gasteiger partial charge in [0.15, 0.2) is 0 Å². The Hall–Kier alpha value is -1.37. The fourth-order valence-corrected chi connectivity index (χ4v) is 1.60. The van der Waals surface area contributed by atoms with Gasteiger partial charge in [-0.1, -0.05) is 12.1 Å². The number of unbranched alkanes of at least 4 members (excludes halogenated alkanes) is 1. The third-order valence-electron chi connectivity index (χ3n) is 2.50. The smallest absolute Gasteiger partial charge is 0.123 e.